The minimum absolute atomic E-state index is 0.0660. The minimum Gasteiger partial charge on any atom is -0.482 e. The van der Waals surface area contributed by atoms with Crippen LogP contribution in [0.5, 0.6) is 5.75 Å². The third-order valence-electron chi connectivity index (χ3n) is 2.21. The maximum atomic E-state index is 11.4. The molecule has 1 aromatic carbocycles. The van der Waals surface area contributed by atoms with Crippen LogP contribution in [0.3, 0.4) is 0 Å². The molecule has 6 heteroatoms. The van der Waals surface area contributed by atoms with Gasteiger partial charge in [0.05, 0.1) is 5.69 Å². The highest BCUT2D eigenvalue weighted by Gasteiger charge is 2.04. The fourth-order valence-corrected chi connectivity index (χ4v) is 1.86. The predicted molar refractivity (Wildman–Crippen MR) is 72.9 cm³/mol. The van der Waals surface area contributed by atoms with Crippen LogP contribution in [0.25, 0.3) is 0 Å². The number of para-hydroxylation sites is 2. The van der Waals surface area contributed by atoms with Crippen molar-refractivity contribution in [2.75, 3.05) is 30.9 Å². The maximum Gasteiger partial charge on any atom is 0.257 e. The molecule has 0 aliphatic heterocycles. The van der Waals surface area contributed by atoms with Gasteiger partial charge >= 0.3 is 0 Å². The van der Waals surface area contributed by atoms with E-state index in [2.05, 4.69) is 5.32 Å². The molecule has 18 heavy (non-hydrogen) atoms. The smallest absolute Gasteiger partial charge is 0.257 e. The van der Waals surface area contributed by atoms with Gasteiger partial charge in [-0.3, -0.25) is 9.00 Å². The molecule has 1 atom stereocenters. The second-order valence-electron chi connectivity index (χ2n) is 3.81. The molecule has 3 N–H and O–H groups in total. The van der Waals surface area contributed by atoms with E-state index in [0.29, 0.717) is 30.2 Å². The van der Waals surface area contributed by atoms with E-state index in [1.54, 1.807) is 30.5 Å². The zero-order chi connectivity index (χ0) is 13.4. The maximum absolute atomic E-state index is 11.4. The van der Waals surface area contributed by atoms with E-state index in [0.717, 1.165) is 0 Å². The topological polar surface area (TPSA) is 81.4 Å². The number of carbonyl (C=O) groups is 1. The van der Waals surface area contributed by atoms with Gasteiger partial charge < -0.3 is 15.8 Å². The average molecular weight is 270 g/mol. The average Bonchev–Trinajstić information content (AvgIpc) is 2.33. The first kappa shape index (κ1) is 14.5. The summed E-state index contributed by atoms with van der Waals surface area (Å²) < 4.78 is 16.1. The van der Waals surface area contributed by atoms with Crippen molar-refractivity contribution in [2.24, 2.45) is 0 Å². The first-order valence-electron chi connectivity index (χ1n) is 5.63. The van der Waals surface area contributed by atoms with Crippen LogP contribution >= 0.6 is 0 Å². The Hall–Kier alpha value is -1.56. The number of nitrogens with two attached hydrogens (primary N) is 1. The largest absolute Gasteiger partial charge is 0.482 e. The Labute approximate surface area is 109 Å². The SMILES string of the molecule is CS(=O)CCCNC(=O)COc1ccccc1N. The number of nitrogens with one attached hydrogen (secondary N) is 1. The zero-order valence-electron chi connectivity index (χ0n) is 10.3. The Morgan fingerprint density at radius 1 is 1.44 bits per heavy atom. The Balaban J connectivity index is 2.21. The van der Waals surface area contributed by atoms with Crippen molar-refractivity contribution in [1.82, 2.24) is 5.32 Å². The van der Waals surface area contributed by atoms with Crippen LogP contribution in [-0.4, -0.2) is 35.3 Å². The molecule has 0 fully saturated rings. The van der Waals surface area contributed by atoms with Crippen LogP contribution in [0.2, 0.25) is 0 Å². The van der Waals surface area contributed by atoms with E-state index in [-0.39, 0.29) is 12.5 Å². The van der Waals surface area contributed by atoms with Crippen LogP contribution < -0.4 is 15.8 Å². The fraction of sp³-hybridized carbons (Fsp3) is 0.417. The molecule has 0 bridgehead atoms. The Kier molecular flexibility index (Phi) is 6.21. The highest BCUT2D eigenvalue weighted by Crippen LogP contribution is 2.19. The van der Waals surface area contributed by atoms with Crippen LogP contribution in [0.4, 0.5) is 5.69 Å². The molecule has 0 aromatic heterocycles. The molecule has 0 aliphatic rings. The number of amides is 1. The van der Waals surface area contributed by atoms with Crippen molar-refractivity contribution in [3.05, 3.63) is 24.3 Å². The van der Waals surface area contributed by atoms with E-state index < -0.39 is 10.8 Å². The van der Waals surface area contributed by atoms with Crippen molar-refractivity contribution in [2.45, 2.75) is 6.42 Å². The number of ether oxygens (including phenoxy) is 1. The Bertz CT molecular complexity index is 424. The molecule has 0 heterocycles. The normalized spacial score (nSPS) is 11.8. The van der Waals surface area contributed by atoms with Crippen LogP contribution in [0.15, 0.2) is 24.3 Å². The summed E-state index contributed by atoms with van der Waals surface area (Å²) in [7, 11) is -0.816. The lowest BCUT2D eigenvalue weighted by Crippen LogP contribution is -2.30. The third kappa shape index (κ3) is 5.67. The number of hydrogen-bond acceptors (Lipinski definition) is 4. The van der Waals surface area contributed by atoms with E-state index in [1.807, 2.05) is 0 Å². The van der Waals surface area contributed by atoms with E-state index in [9.17, 15) is 9.00 Å². The van der Waals surface area contributed by atoms with Gasteiger partial charge in [0.1, 0.15) is 5.75 Å². The van der Waals surface area contributed by atoms with Gasteiger partial charge in [-0.15, -0.1) is 0 Å². The van der Waals surface area contributed by atoms with Crippen molar-refractivity contribution < 1.29 is 13.7 Å². The number of benzene rings is 1. The Morgan fingerprint density at radius 3 is 2.83 bits per heavy atom. The molecule has 0 aliphatic carbocycles. The molecule has 100 valence electrons. The summed E-state index contributed by atoms with van der Waals surface area (Å²) >= 11 is 0. The molecule has 0 saturated carbocycles. The number of nitrogen functional groups attached to an aromatic ring is 1. The molecule has 1 amide bonds. The van der Waals surface area contributed by atoms with Crippen molar-refractivity contribution in [3.8, 4) is 5.75 Å². The number of carbonyl (C=O) groups excluding carboxylic acids is 1. The van der Waals surface area contributed by atoms with Crippen molar-refractivity contribution >= 4 is 22.4 Å². The van der Waals surface area contributed by atoms with Gasteiger partial charge in [0.25, 0.3) is 5.91 Å². The predicted octanol–water partition coefficient (Wildman–Crippen LogP) is 0.532. The first-order chi connectivity index (χ1) is 8.59. The lowest BCUT2D eigenvalue weighted by Gasteiger charge is -2.08. The monoisotopic (exact) mass is 270 g/mol. The van der Waals surface area contributed by atoms with Gasteiger partial charge in [0, 0.05) is 29.4 Å². The third-order valence-corrected chi connectivity index (χ3v) is 3.07. The molecule has 1 unspecified atom stereocenters. The van der Waals surface area contributed by atoms with Crippen LogP contribution in [0, 0.1) is 0 Å². The number of anilines is 1. The minimum atomic E-state index is -0.816. The quantitative estimate of drug-likeness (QED) is 0.559. The van der Waals surface area contributed by atoms with E-state index >= 15 is 0 Å². The summed E-state index contributed by atoms with van der Waals surface area (Å²) in [6.07, 6.45) is 2.34. The highest BCUT2D eigenvalue weighted by atomic mass is 32.2. The fourth-order valence-electron chi connectivity index (χ4n) is 1.31. The second-order valence-corrected chi connectivity index (χ2v) is 5.36. The molecule has 1 rings (SSSR count). The lowest BCUT2D eigenvalue weighted by atomic mass is 10.3. The number of rotatable bonds is 7. The van der Waals surface area contributed by atoms with Crippen molar-refractivity contribution in [1.29, 1.82) is 0 Å². The summed E-state index contributed by atoms with van der Waals surface area (Å²) in [6.45, 7) is 0.440. The van der Waals surface area contributed by atoms with Gasteiger partial charge in [-0.1, -0.05) is 12.1 Å². The summed E-state index contributed by atoms with van der Waals surface area (Å²) in [5, 5.41) is 2.69. The van der Waals surface area contributed by atoms with Crippen LogP contribution in [0.1, 0.15) is 6.42 Å². The number of hydrogen-bond donors (Lipinski definition) is 2. The molecule has 0 saturated heterocycles. The van der Waals surface area contributed by atoms with E-state index in [1.165, 1.54) is 0 Å². The van der Waals surface area contributed by atoms with E-state index in [4.69, 9.17) is 10.5 Å². The van der Waals surface area contributed by atoms with Crippen LogP contribution in [-0.2, 0) is 15.6 Å². The summed E-state index contributed by atoms with van der Waals surface area (Å²) in [6, 6.07) is 7.01. The van der Waals surface area contributed by atoms with Gasteiger partial charge in [0.2, 0.25) is 0 Å². The second kappa shape index (κ2) is 7.71. The standard InChI is InChI=1S/C12H18N2O3S/c1-18(16)8-4-7-14-12(15)9-17-11-6-3-2-5-10(11)13/h2-3,5-6H,4,7-9,13H2,1H3,(H,14,15). The molecule has 0 spiro atoms. The van der Waals surface area contributed by atoms with Gasteiger partial charge in [-0.05, 0) is 18.6 Å². The lowest BCUT2D eigenvalue weighted by molar-refractivity contribution is -0.123. The highest BCUT2D eigenvalue weighted by molar-refractivity contribution is 7.84. The summed E-state index contributed by atoms with van der Waals surface area (Å²) in [4.78, 5) is 11.4. The summed E-state index contributed by atoms with van der Waals surface area (Å²) in [5.74, 6) is 0.884. The zero-order valence-corrected chi connectivity index (χ0v) is 11.2. The Morgan fingerprint density at radius 2 is 2.17 bits per heavy atom. The van der Waals surface area contributed by atoms with Gasteiger partial charge in [-0.25, -0.2) is 0 Å². The molecular weight excluding hydrogens is 252 g/mol. The van der Waals surface area contributed by atoms with Crippen molar-refractivity contribution in [3.63, 3.8) is 0 Å². The first-order valence-corrected chi connectivity index (χ1v) is 7.36. The molecule has 0 radical (unpaired) electrons. The molecule has 5 nitrogen and oxygen atoms in total. The molecular formula is C12H18N2O3S. The van der Waals surface area contributed by atoms with Gasteiger partial charge in [0.15, 0.2) is 6.61 Å². The summed E-state index contributed by atoms with van der Waals surface area (Å²) in [5.41, 5.74) is 6.18. The van der Waals surface area contributed by atoms with Gasteiger partial charge in [-0.2, -0.15) is 0 Å². The molecule has 1 aromatic rings.